The van der Waals surface area contributed by atoms with Gasteiger partial charge in [-0.05, 0) is 29.8 Å². The molecular formula is C16H14ClN. The number of rotatable bonds is 3. The molecule has 90 valence electrons. The highest BCUT2D eigenvalue weighted by molar-refractivity contribution is 6.30. The van der Waals surface area contributed by atoms with Crippen LogP contribution in [0.5, 0.6) is 0 Å². The summed E-state index contributed by atoms with van der Waals surface area (Å²) in [5, 5.41) is 0.719. The average molecular weight is 256 g/mol. The third kappa shape index (κ3) is 2.67. The molecule has 1 nitrogen and oxygen atoms in total. The Labute approximate surface area is 113 Å². The lowest BCUT2D eigenvalue weighted by Gasteiger charge is -2.26. The van der Waals surface area contributed by atoms with Gasteiger partial charge in [0, 0.05) is 17.8 Å². The van der Waals surface area contributed by atoms with Crippen molar-refractivity contribution in [2.24, 2.45) is 0 Å². The monoisotopic (exact) mass is 255 g/mol. The summed E-state index contributed by atoms with van der Waals surface area (Å²) < 4.78 is 0. The van der Waals surface area contributed by atoms with Gasteiger partial charge < -0.3 is 4.90 Å². The average Bonchev–Trinajstić information content (AvgIpc) is 2.42. The third-order valence-corrected chi connectivity index (χ3v) is 3.15. The molecule has 0 N–H and O–H groups in total. The molecule has 0 unspecified atom stereocenters. The second-order valence-electron chi connectivity index (χ2n) is 4.07. The fourth-order valence-electron chi connectivity index (χ4n) is 1.89. The van der Waals surface area contributed by atoms with Crippen LogP contribution in [-0.2, 0) is 0 Å². The van der Waals surface area contributed by atoms with Crippen LogP contribution in [0.1, 0.15) is 11.6 Å². The van der Waals surface area contributed by atoms with Gasteiger partial charge in [-0.1, -0.05) is 47.9 Å². The first-order valence-corrected chi connectivity index (χ1v) is 6.09. The highest BCUT2D eigenvalue weighted by Gasteiger charge is 2.14. The van der Waals surface area contributed by atoms with E-state index in [0.717, 1.165) is 16.3 Å². The molecule has 1 atom stereocenters. The maximum atomic E-state index is 5.89. The third-order valence-electron chi connectivity index (χ3n) is 2.89. The summed E-state index contributed by atoms with van der Waals surface area (Å²) in [5.74, 6) is 2.82. The maximum Gasteiger partial charge on any atom is 0.115 e. The highest BCUT2D eigenvalue weighted by atomic mass is 35.5. The zero-order valence-electron chi connectivity index (χ0n) is 10.2. The van der Waals surface area contributed by atoms with E-state index in [1.54, 1.807) is 0 Å². The van der Waals surface area contributed by atoms with Crippen LogP contribution >= 0.6 is 11.6 Å². The molecule has 0 radical (unpaired) electrons. The fraction of sp³-hybridized carbons (Fsp3) is 0.125. The summed E-state index contributed by atoms with van der Waals surface area (Å²) >= 11 is 5.89. The Kier molecular flexibility index (Phi) is 3.92. The number of terminal acetylenes is 1. The van der Waals surface area contributed by atoms with Gasteiger partial charge in [-0.2, -0.15) is 0 Å². The van der Waals surface area contributed by atoms with Gasteiger partial charge in [0.05, 0.1) is 0 Å². The summed E-state index contributed by atoms with van der Waals surface area (Å²) in [6, 6.07) is 17.6. The lowest BCUT2D eigenvalue weighted by atomic mass is 10.1. The first kappa shape index (κ1) is 12.5. The standard InChI is InChI=1S/C16H14ClN/c1-3-16(13-9-11-14(17)12-10-13)18(2)15-7-5-4-6-8-15/h1,4-12,16H,2H3/t16-/m0/s1. The Morgan fingerprint density at radius 1 is 1.06 bits per heavy atom. The van der Waals surface area contributed by atoms with Gasteiger partial charge in [0.15, 0.2) is 0 Å². The minimum atomic E-state index is -0.0929. The molecule has 0 saturated heterocycles. The first-order chi connectivity index (χ1) is 8.72. The molecule has 2 heteroatoms. The molecule has 0 bridgehead atoms. The number of halogens is 1. The van der Waals surface area contributed by atoms with Crippen LogP contribution < -0.4 is 4.90 Å². The van der Waals surface area contributed by atoms with Crippen LogP contribution in [0.25, 0.3) is 0 Å². The Hall–Kier alpha value is -1.91. The van der Waals surface area contributed by atoms with Gasteiger partial charge in [-0.15, -0.1) is 6.42 Å². The van der Waals surface area contributed by atoms with Gasteiger partial charge in [0.1, 0.15) is 6.04 Å². The number of hydrogen-bond acceptors (Lipinski definition) is 1. The normalized spacial score (nSPS) is 11.6. The molecule has 0 aliphatic rings. The van der Waals surface area contributed by atoms with Crippen molar-refractivity contribution in [1.29, 1.82) is 0 Å². The molecule has 2 rings (SSSR count). The van der Waals surface area contributed by atoms with E-state index in [-0.39, 0.29) is 6.04 Å². The molecule has 0 aliphatic carbocycles. The maximum absolute atomic E-state index is 5.89. The van der Waals surface area contributed by atoms with Crippen molar-refractivity contribution in [3.8, 4) is 12.3 Å². The molecule has 2 aromatic carbocycles. The fourth-order valence-corrected chi connectivity index (χ4v) is 2.01. The lowest BCUT2D eigenvalue weighted by molar-refractivity contribution is 0.835. The van der Waals surface area contributed by atoms with E-state index in [9.17, 15) is 0 Å². The molecule has 0 aliphatic heterocycles. The van der Waals surface area contributed by atoms with Crippen LogP contribution in [0.15, 0.2) is 54.6 Å². The molecule has 0 spiro atoms. The van der Waals surface area contributed by atoms with Crippen LogP contribution in [-0.4, -0.2) is 7.05 Å². The van der Waals surface area contributed by atoms with E-state index in [2.05, 4.69) is 10.8 Å². The minimum Gasteiger partial charge on any atom is -0.357 e. The summed E-state index contributed by atoms with van der Waals surface area (Å²) in [4.78, 5) is 2.07. The number of hydrogen-bond donors (Lipinski definition) is 0. The van der Waals surface area contributed by atoms with Gasteiger partial charge in [-0.3, -0.25) is 0 Å². The first-order valence-electron chi connectivity index (χ1n) is 5.72. The smallest absolute Gasteiger partial charge is 0.115 e. The Morgan fingerprint density at radius 2 is 1.67 bits per heavy atom. The molecule has 2 aromatic rings. The molecular weight excluding hydrogens is 242 g/mol. The van der Waals surface area contributed by atoms with Crippen molar-refractivity contribution < 1.29 is 0 Å². The van der Waals surface area contributed by atoms with Crippen LogP contribution in [0.4, 0.5) is 5.69 Å². The second-order valence-corrected chi connectivity index (χ2v) is 4.50. The number of para-hydroxylation sites is 1. The van der Waals surface area contributed by atoms with Crippen molar-refractivity contribution in [3.63, 3.8) is 0 Å². The molecule has 0 aromatic heterocycles. The molecule has 0 amide bonds. The number of anilines is 1. The Balaban J connectivity index is 2.30. The summed E-state index contributed by atoms with van der Waals surface area (Å²) in [6.45, 7) is 0. The molecule has 0 heterocycles. The summed E-state index contributed by atoms with van der Waals surface area (Å²) in [5.41, 5.74) is 2.16. The van der Waals surface area contributed by atoms with E-state index >= 15 is 0 Å². The van der Waals surface area contributed by atoms with E-state index in [1.165, 1.54) is 0 Å². The van der Waals surface area contributed by atoms with Gasteiger partial charge >= 0.3 is 0 Å². The highest BCUT2D eigenvalue weighted by Crippen LogP contribution is 2.25. The van der Waals surface area contributed by atoms with Gasteiger partial charge in [0.25, 0.3) is 0 Å². The summed E-state index contributed by atoms with van der Waals surface area (Å²) in [7, 11) is 1.99. The molecule has 0 saturated carbocycles. The number of nitrogens with zero attached hydrogens (tertiary/aromatic N) is 1. The van der Waals surface area contributed by atoms with E-state index in [0.29, 0.717) is 0 Å². The molecule has 18 heavy (non-hydrogen) atoms. The van der Waals surface area contributed by atoms with Crippen molar-refractivity contribution in [2.45, 2.75) is 6.04 Å². The van der Waals surface area contributed by atoms with Crippen LogP contribution in [0.2, 0.25) is 5.02 Å². The van der Waals surface area contributed by atoms with E-state index in [4.69, 9.17) is 18.0 Å². The zero-order chi connectivity index (χ0) is 13.0. The van der Waals surface area contributed by atoms with Crippen LogP contribution in [0.3, 0.4) is 0 Å². The topological polar surface area (TPSA) is 3.24 Å². The van der Waals surface area contributed by atoms with Crippen LogP contribution in [0, 0.1) is 12.3 Å². The van der Waals surface area contributed by atoms with Gasteiger partial charge in [0.2, 0.25) is 0 Å². The summed E-state index contributed by atoms with van der Waals surface area (Å²) in [6.07, 6.45) is 5.66. The Morgan fingerprint density at radius 3 is 2.22 bits per heavy atom. The molecule has 0 fully saturated rings. The largest absolute Gasteiger partial charge is 0.357 e. The minimum absolute atomic E-state index is 0.0929. The van der Waals surface area contributed by atoms with E-state index in [1.807, 2.05) is 61.6 Å². The van der Waals surface area contributed by atoms with Crippen molar-refractivity contribution in [3.05, 3.63) is 65.2 Å². The zero-order valence-corrected chi connectivity index (χ0v) is 10.9. The predicted molar refractivity (Wildman–Crippen MR) is 77.9 cm³/mol. The van der Waals surface area contributed by atoms with Gasteiger partial charge in [-0.25, -0.2) is 0 Å². The SMILES string of the molecule is C#C[C@@H](c1ccc(Cl)cc1)N(C)c1ccccc1. The van der Waals surface area contributed by atoms with Crippen molar-refractivity contribution in [2.75, 3.05) is 11.9 Å². The second kappa shape index (κ2) is 5.62. The predicted octanol–water partition coefficient (Wildman–Crippen LogP) is 4.15. The Bertz CT molecular complexity index is 540. The van der Waals surface area contributed by atoms with Crippen molar-refractivity contribution in [1.82, 2.24) is 0 Å². The van der Waals surface area contributed by atoms with Crippen molar-refractivity contribution >= 4 is 17.3 Å². The quantitative estimate of drug-likeness (QED) is 0.745. The number of benzene rings is 2. The van der Waals surface area contributed by atoms with E-state index < -0.39 is 0 Å². The lowest BCUT2D eigenvalue weighted by Crippen LogP contribution is -2.22.